The maximum atomic E-state index is 12.4. The van der Waals surface area contributed by atoms with Crippen molar-refractivity contribution in [1.82, 2.24) is 25.0 Å². The second kappa shape index (κ2) is 13.5. The largest absolute Gasteiger partial charge is 0.497 e. The van der Waals surface area contributed by atoms with Crippen molar-refractivity contribution in [3.63, 3.8) is 0 Å². The standard InChI is InChI=1S/C23H36N6O2.HI/c1-4-24-22(26-15-13-18(2)19-9-11-20(31-3)12-10-19)25-14-7-17-29-23(30)28-16-6-5-8-21(28)27-29;/h9-12,18H,4-8,13-17H2,1-3H3,(H2,24,25,26);1H. The zero-order valence-corrected chi connectivity index (χ0v) is 21.8. The summed E-state index contributed by atoms with van der Waals surface area (Å²) in [6.07, 6.45) is 4.89. The number of nitrogens with one attached hydrogen (secondary N) is 2. The molecule has 0 saturated heterocycles. The third-order valence-corrected chi connectivity index (χ3v) is 5.73. The van der Waals surface area contributed by atoms with Gasteiger partial charge in [0.2, 0.25) is 0 Å². The molecule has 2 heterocycles. The van der Waals surface area contributed by atoms with Gasteiger partial charge in [-0.15, -0.1) is 24.0 Å². The van der Waals surface area contributed by atoms with Crippen LogP contribution in [0.25, 0.3) is 0 Å². The first kappa shape index (κ1) is 26.2. The molecule has 3 rings (SSSR count). The van der Waals surface area contributed by atoms with Crippen molar-refractivity contribution in [2.45, 2.75) is 65.0 Å². The third-order valence-electron chi connectivity index (χ3n) is 5.73. The molecule has 9 heteroatoms. The number of halogens is 1. The van der Waals surface area contributed by atoms with E-state index in [1.807, 2.05) is 16.7 Å². The molecule has 2 N–H and O–H groups in total. The number of guanidine groups is 1. The van der Waals surface area contributed by atoms with Gasteiger partial charge in [-0.05, 0) is 56.2 Å². The van der Waals surface area contributed by atoms with Gasteiger partial charge in [0.05, 0.1) is 7.11 Å². The number of rotatable bonds is 10. The van der Waals surface area contributed by atoms with E-state index in [-0.39, 0.29) is 29.7 Å². The van der Waals surface area contributed by atoms with Crippen molar-refractivity contribution in [3.8, 4) is 5.75 Å². The van der Waals surface area contributed by atoms with Gasteiger partial charge >= 0.3 is 5.69 Å². The summed E-state index contributed by atoms with van der Waals surface area (Å²) in [5.74, 6) is 3.08. The van der Waals surface area contributed by atoms with Crippen molar-refractivity contribution >= 4 is 29.9 Å². The Morgan fingerprint density at radius 2 is 2.03 bits per heavy atom. The summed E-state index contributed by atoms with van der Waals surface area (Å²) in [5.41, 5.74) is 1.33. The SMILES string of the molecule is CCNC(=NCCCn1nc2n(c1=O)CCCC2)NCCC(C)c1ccc(OC)cc1.I. The van der Waals surface area contributed by atoms with Crippen LogP contribution in [0.4, 0.5) is 0 Å². The number of benzene rings is 1. The molecule has 0 bridgehead atoms. The van der Waals surface area contributed by atoms with E-state index in [9.17, 15) is 4.79 Å². The number of methoxy groups -OCH3 is 1. The van der Waals surface area contributed by atoms with Gasteiger partial charge < -0.3 is 15.4 Å². The predicted molar refractivity (Wildman–Crippen MR) is 139 cm³/mol. The highest BCUT2D eigenvalue weighted by molar-refractivity contribution is 14.0. The molecular formula is C23H37IN6O2. The van der Waals surface area contributed by atoms with E-state index < -0.39 is 0 Å². The predicted octanol–water partition coefficient (Wildman–Crippen LogP) is 3.15. The molecule has 32 heavy (non-hydrogen) atoms. The van der Waals surface area contributed by atoms with E-state index in [2.05, 4.69) is 46.7 Å². The van der Waals surface area contributed by atoms with Gasteiger partial charge in [0, 0.05) is 39.1 Å². The number of aromatic nitrogens is 3. The molecule has 0 saturated carbocycles. The lowest BCUT2D eigenvalue weighted by Gasteiger charge is -2.15. The van der Waals surface area contributed by atoms with Crippen LogP contribution in [0.2, 0.25) is 0 Å². The van der Waals surface area contributed by atoms with Gasteiger partial charge in [0.15, 0.2) is 5.96 Å². The van der Waals surface area contributed by atoms with Crippen LogP contribution in [-0.2, 0) is 19.5 Å². The van der Waals surface area contributed by atoms with Gasteiger partial charge in [0.25, 0.3) is 0 Å². The van der Waals surface area contributed by atoms with E-state index in [4.69, 9.17) is 4.74 Å². The molecule has 0 amide bonds. The van der Waals surface area contributed by atoms with E-state index in [1.165, 1.54) is 5.56 Å². The maximum absolute atomic E-state index is 12.4. The Bertz CT molecular complexity index is 906. The fraction of sp³-hybridized carbons (Fsp3) is 0.609. The smallest absolute Gasteiger partial charge is 0.345 e. The van der Waals surface area contributed by atoms with Gasteiger partial charge in [-0.25, -0.2) is 9.48 Å². The minimum Gasteiger partial charge on any atom is -0.497 e. The Labute approximate surface area is 207 Å². The topological polar surface area (TPSA) is 85.5 Å². The van der Waals surface area contributed by atoms with E-state index in [0.29, 0.717) is 19.0 Å². The monoisotopic (exact) mass is 556 g/mol. The summed E-state index contributed by atoms with van der Waals surface area (Å²) >= 11 is 0. The van der Waals surface area contributed by atoms with Crippen LogP contribution in [0.1, 0.15) is 56.8 Å². The second-order valence-electron chi connectivity index (χ2n) is 8.03. The highest BCUT2D eigenvalue weighted by Crippen LogP contribution is 2.21. The molecule has 1 aliphatic heterocycles. The lowest BCUT2D eigenvalue weighted by molar-refractivity contribution is 0.414. The van der Waals surface area contributed by atoms with Gasteiger partial charge in [-0.3, -0.25) is 9.56 Å². The maximum Gasteiger partial charge on any atom is 0.345 e. The van der Waals surface area contributed by atoms with Crippen molar-refractivity contribution in [1.29, 1.82) is 0 Å². The van der Waals surface area contributed by atoms with Crippen LogP contribution in [0, 0.1) is 0 Å². The number of ether oxygens (including phenoxy) is 1. The first-order chi connectivity index (χ1) is 15.1. The Morgan fingerprint density at radius 1 is 1.25 bits per heavy atom. The first-order valence-corrected chi connectivity index (χ1v) is 11.4. The number of hydrogen-bond acceptors (Lipinski definition) is 4. The van der Waals surface area contributed by atoms with Gasteiger partial charge in [0.1, 0.15) is 11.6 Å². The van der Waals surface area contributed by atoms with Crippen LogP contribution < -0.4 is 21.1 Å². The quantitative estimate of drug-likeness (QED) is 0.203. The number of hydrogen-bond donors (Lipinski definition) is 2. The van der Waals surface area contributed by atoms with E-state index in [1.54, 1.807) is 11.8 Å². The Morgan fingerprint density at radius 3 is 2.72 bits per heavy atom. The number of nitrogens with zero attached hydrogens (tertiary/aromatic N) is 4. The summed E-state index contributed by atoms with van der Waals surface area (Å²) in [6.45, 7) is 8.01. The van der Waals surface area contributed by atoms with Gasteiger partial charge in [-0.1, -0.05) is 19.1 Å². The molecule has 178 valence electrons. The third kappa shape index (κ3) is 7.25. The number of aliphatic imine (C=N–C) groups is 1. The zero-order chi connectivity index (χ0) is 22.1. The molecule has 2 aromatic rings. The lowest BCUT2D eigenvalue weighted by atomic mass is 9.98. The summed E-state index contributed by atoms with van der Waals surface area (Å²) in [5, 5.41) is 11.2. The van der Waals surface area contributed by atoms with Crippen LogP contribution >= 0.6 is 24.0 Å². The van der Waals surface area contributed by atoms with Crippen LogP contribution in [0.3, 0.4) is 0 Å². The highest BCUT2D eigenvalue weighted by Gasteiger charge is 2.16. The van der Waals surface area contributed by atoms with Crippen LogP contribution in [-0.4, -0.2) is 47.1 Å². The van der Waals surface area contributed by atoms with Crippen molar-refractivity contribution in [2.24, 2.45) is 4.99 Å². The molecule has 1 unspecified atom stereocenters. The van der Waals surface area contributed by atoms with Crippen molar-refractivity contribution in [3.05, 3.63) is 46.1 Å². The average molecular weight is 556 g/mol. The second-order valence-corrected chi connectivity index (χ2v) is 8.03. The highest BCUT2D eigenvalue weighted by atomic mass is 127. The summed E-state index contributed by atoms with van der Waals surface area (Å²) in [6, 6.07) is 8.26. The normalized spacial score (nSPS) is 14.3. The summed E-state index contributed by atoms with van der Waals surface area (Å²) < 4.78 is 8.66. The molecule has 0 aliphatic carbocycles. The first-order valence-electron chi connectivity index (χ1n) is 11.4. The molecule has 0 fully saturated rings. The molecule has 0 radical (unpaired) electrons. The fourth-order valence-electron chi connectivity index (χ4n) is 3.85. The van der Waals surface area contributed by atoms with E-state index >= 15 is 0 Å². The Kier molecular flexibility index (Phi) is 11.1. The molecule has 1 aliphatic rings. The van der Waals surface area contributed by atoms with Crippen LogP contribution in [0.15, 0.2) is 34.1 Å². The van der Waals surface area contributed by atoms with Crippen molar-refractivity contribution < 1.29 is 4.74 Å². The fourth-order valence-corrected chi connectivity index (χ4v) is 3.85. The summed E-state index contributed by atoms with van der Waals surface area (Å²) in [4.78, 5) is 17.1. The van der Waals surface area contributed by atoms with E-state index in [0.717, 1.165) is 69.3 Å². The molecular weight excluding hydrogens is 519 g/mol. The molecule has 1 aromatic heterocycles. The molecule has 1 aromatic carbocycles. The Balaban J connectivity index is 0.00000363. The number of fused-ring (bicyclic) bond motifs is 1. The Hall–Kier alpha value is -2.04. The molecule has 1 atom stereocenters. The summed E-state index contributed by atoms with van der Waals surface area (Å²) in [7, 11) is 1.69. The van der Waals surface area contributed by atoms with Crippen molar-refractivity contribution in [2.75, 3.05) is 26.7 Å². The molecule has 0 spiro atoms. The zero-order valence-electron chi connectivity index (χ0n) is 19.5. The molecule has 8 nitrogen and oxygen atoms in total. The number of aryl methyl sites for hydroxylation is 2. The minimum atomic E-state index is 0. The average Bonchev–Trinajstić information content (AvgIpc) is 3.12. The van der Waals surface area contributed by atoms with Crippen LogP contribution in [0.5, 0.6) is 5.75 Å². The minimum absolute atomic E-state index is 0. The lowest BCUT2D eigenvalue weighted by Crippen LogP contribution is -2.38. The van der Waals surface area contributed by atoms with Gasteiger partial charge in [-0.2, -0.15) is 5.10 Å².